The van der Waals surface area contributed by atoms with Crippen molar-refractivity contribution >= 4 is 39.2 Å². The van der Waals surface area contributed by atoms with E-state index in [4.69, 9.17) is 25.8 Å². The minimum absolute atomic E-state index is 0.0180. The van der Waals surface area contributed by atoms with Gasteiger partial charge in [-0.05, 0) is 35.9 Å². The monoisotopic (exact) mass is 544 g/mol. The topological polar surface area (TPSA) is 111 Å². The molecule has 1 fully saturated rings. The summed E-state index contributed by atoms with van der Waals surface area (Å²) in [5.74, 6) is -1.10. The fourth-order valence-electron chi connectivity index (χ4n) is 3.59. The number of esters is 1. The van der Waals surface area contributed by atoms with Crippen LogP contribution in [0.5, 0.6) is 5.75 Å². The normalized spacial score (nSPS) is 14.1. The van der Waals surface area contributed by atoms with Crippen LogP contribution in [0.15, 0.2) is 77.7 Å². The number of carbonyl (C=O) groups is 2. The van der Waals surface area contributed by atoms with Crippen molar-refractivity contribution in [3.05, 3.63) is 88.9 Å². The number of rotatable bonds is 9. The predicted octanol–water partition coefficient (Wildman–Crippen LogP) is 3.74. The molecule has 0 unspecified atom stereocenters. The van der Waals surface area contributed by atoms with Gasteiger partial charge in [0.2, 0.25) is 10.0 Å². The van der Waals surface area contributed by atoms with Crippen LogP contribution in [0.3, 0.4) is 0 Å². The van der Waals surface area contributed by atoms with Gasteiger partial charge in [0.1, 0.15) is 17.9 Å². The van der Waals surface area contributed by atoms with Crippen LogP contribution in [-0.4, -0.2) is 57.5 Å². The first-order valence-corrected chi connectivity index (χ1v) is 13.3. The van der Waals surface area contributed by atoms with E-state index in [2.05, 4.69) is 5.32 Å². The number of nitrogens with zero attached hydrogens (tertiary/aromatic N) is 1. The van der Waals surface area contributed by atoms with Crippen LogP contribution in [0.25, 0.3) is 0 Å². The zero-order valence-corrected chi connectivity index (χ0v) is 21.3. The molecule has 0 spiro atoms. The van der Waals surface area contributed by atoms with Crippen LogP contribution in [0.2, 0.25) is 5.02 Å². The maximum atomic E-state index is 12.9. The van der Waals surface area contributed by atoms with Gasteiger partial charge in [0.05, 0.1) is 28.8 Å². The van der Waals surface area contributed by atoms with Crippen molar-refractivity contribution in [3.8, 4) is 5.75 Å². The van der Waals surface area contributed by atoms with E-state index in [0.717, 1.165) is 5.56 Å². The molecule has 1 amide bonds. The summed E-state index contributed by atoms with van der Waals surface area (Å²) in [5, 5.41) is 2.65. The van der Waals surface area contributed by atoms with Gasteiger partial charge in [-0.1, -0.05) is 54.1 Å². The Labute approximate surface area is 219 Å². The SMILES string of the molecule is O=C(COC(=O)c1ccccc1OCc1ccccc1)Nc1cc(S(=O)(=O)N2CCOCC2)ccc1Cl. The maximum Gasteiger partial charge on any atom is 0.342 e. The van der Waals surface area contributed by atoms with Gasteiger partial charge in [-0.15, -0.1) is 0 Å². The van der Waals surface area contributed by atoms with Crippen molar-refractivity contribution in [2.75, 3.05) is 38.2 Å². The van der Waals surface area contributed by atoms with Crippen molar-refractivity contribution < 1.29 is 32.2 Å². The number of amides is 1. The van der Waals surface area contributed by atoms with Crippen molar-refractivity contribution in [2.24, 2.45) is 0 Å². The summed E-state index contributed by atoms with van der Waals surface area (Å²) in [5.41, 5.74) is 1.19. The number of hydrogen-bond acceptors (Lipinski definition) is 7. The second-order valence-electron chi connectivity index (χ2n) is 8.05. The molecule has 0 saturated carbocycles. The zero-order valence-electron chi connectivity index (χ0n) is 19.8. The molecular weight excluding hydrogens is 520 g/mol. The highest BCUT2D eigenvalue weighted by molar-refractivity contribution is 7.89. The van der Waals surface area contributed by atoms with E-state index < -0.39 is 28.5 Å². The zero-order chi connectivity index (χ0) is 26.3. The first kappa shape index (κ1) is 26.6. The summed E-state index contributed by atoms with van der Waals surface area (Å²) in [4.78, 5) is 25.1. The summed E-state index contributed by atoms with van der Waals surface area (Å²) >= 11 is 6.17. The van der Waals surface area contributed by atoms with E-state index in [1.165, 1.54) is 28.6 Å². The van der Waals surface area contributed by atoms with E-state index in [9.17, 15) is 18.0 Å². The lowest BCUT2D eigenvalue weighted by molar-refractivity contribution is -0.119. The Balaban J connectivity index is 1.38. The molecule has 0 aromatic heterocycles. The molecule has 0 aliphatic carbocycles. The maximum absolute atomic E-state index is 12.9. The van der Waals surface area contributed by atoms with E-state index in [0.29, 0.717) is 19.0 Å². The van der Waals surface area contributed by atoms with Gasteiger partial charge >= 0.3 is 5.97 Å². The number of sulfonamides is 1. The molecule has 194 valence electrons. The van der Waals surface area contributed by atoms with Crippen molar-refractivity contribution in [1.82, 2.24) is 4.31 Å². The fourth-order valence-corrected chi connectivity index (χ4v) is 5.19. The summed E-state index contributed by atoms with van der Waals surface area (Å²) < 4.78 is 43.3. The first-order chi connectivity index (χ1) is 17.8. The Kier molecular flexibility index (Phi) is 8.78. The lowest BCUT2D eigenvalue weighted by atomic mass is 10.2. The Hall–Kier alpha value is -3.44. The highest BCUT2D eigenvalue weighted by Gasteiger charge is 2.27. The van der Waals surface area contributed by atoms with E-state index in [1.54, 1.807) is 18.2 Å². The summed E-state index contributed by atoms with van der Waals surface area (Å²) in [7, 11) is -3.79. The average molecular weight is 545 g/mol. The molecule has 0 atom stereocenters. The van der Waals surface area contributed by atoms with Crippen LogP contribution in [0.1, 0.15) is 15.9 Å². The molecule has 9 nitrogen and oxygen atoms in total. The molecule has 1 heterocycles. The highest BCUT2D eigenvalue weighted by Crippen LogP contribution is 2.27. The molecule has 1 saturated heterocycles. The molecule has 0 bridgehead atoms. The van der Waals surface area contributed by atoms with Gasteiger partial charge in [-0.3, -0.25) is 4.79 Å². The fraction of sp³-hybridized carbons (Fsp3) is 0.231. The van der Waals surface area contributed by atoms with Crippen LogP contribution in [-0.2, 0) is 30.9 Å². The Morgan fingerprint density at radius 2 is 1.68 bits per heavy atom. The van der Waals surface area contributed by atoms with E-state index in [1.807, 2.05) is 30.3 Å². The number of anilines is 1. The van der Waals surface area contributed by atoms with Gasteiger partial charge < -0.3 is 19.5 Å². The number of para-hydroxylation sites is 1. The van der Waals surface area contributed by atoms with Gasteiger partial charge in [0.15, 0.2) is 6.61 Å². The number of ether oxygens (including phenoxy) is 3. The Bertz CT molecular complexity index is 1360. The third-order valence-electron chi connectivity index (χ3n) is 5.50. The summed E-state index contributed by atoms with van der Waals surface area (Å²) in [6, 6.07) is 20.1. The predicted molar refractivity (Wildman–Crippen MR) is 137 cm³/mol. The van der Waals surface area contributed by atoms with E-state index >= 15 is 0 Å². The van der Waals surface area contributed by atoms with Gasteiger partial charge in [-0.2, -0.15) is 4.31 Å². The van der Waals surface area contributed by atoms with Crippen LogP contribution in [0, 0.1) is 0 Å². The molecule has 3 aromatic rings. The molecule has 1 aliphatic heterocycles. The molecule has 11 heteroatoms. The number of morpholine rings is 1. The molecule has 1 N–H and O–H groups in total. The minimum atomic E-state index is -3.79. The number of nitrogens with one attached hydrogen (secondary N) is 1. The third kappa shape index (κ3) is 6.86. The largest absolute Gasteiger partial charge is 0.488 e. The molecule has 1 aliphatic rings. The number of benzene rings is 3. The third-order valence-corrected chi connectivity index (χ3v) is 7.72. The molecule has 37 heavy (non-hydrogen) atoms. The lowest BCUT2D eigenvalue weighted by Crippen LogP contribution is -2.40. The van der Waals surface area contributed by atoms with Crippen molar-refractivity contribution in [2.45, 2.75) is 11.5 Å². The van der Waals surface area contributed by atoms with Crippen LogP contribution >= 0.6 is 11.6 Å². The molecule has 0 radical (unpaired) electrons. The first-order valence-electron chi connectivity index (χ1n) is 11.4. The quantitative estimate of drug-likeness (QED) is 0.408. The second-order valence-corrected chi connectivity index (χ2v) is 10.4. The van der Waals surface area contributed by atoms with Crippen LogP contribution < -0.4 is 10.1 Å². The number of hydrogen-bond donors (Lipinski definition) is 1. The van der Waals surface area contributed by atoms with Crippen molar-refractivity contribution in [1.29, 1.82) is 0 Å². The lowest BCUT2D eigenvalue weighted by Gasteiger charge is -2.26. The Morgan fingerprint density at radius 3 is 2.43 bits per heavy atom. The molecule has 3 aromatic carbocycles. The molecule has 4 rings (SSSR count). The summed E-state index contributed by atoms with van der Waals surface area (Å²) in [6.07, 6.45) is 0. The van der Waals surface area contributed by atoms with Gasteiger partial charge in [-0.25, -0.2) is 13.2 Å². The van der Waals surface area contributed by atoms with Crippen molar-refractivity contribution in [3.63, 3.8) is 0 Å². The average Bonchev–Trinajstić information content (AvgIpc) is 2.93. The number of halogens is 1. The summed E-state index contributed by atoms with van der Waals surface area (Å²) in [6.45, 7) is 0.735. The standard InChI is InChI=1S/C26H25ClN2O7S/c27-22-11-10-20(37(32,33)29-12-14-34-15-13-29)16-23(22)28-25(30)18-36-26(31)21-8-4-5-9-24(21)35-17-19-6-2-1-3-7-19/h1-11,16H,12-15,17-18H2,(H,28,30). The molecular formula is C26H25ClN2O7S. The Morgan fingerprint density at radius 1 is 0.973 bits per heavy atom. The van der Waals surface area contributed by atoms with E-state index in [-0.39, 0.29) is 40.9 Å². The highest BCUT2D eigenvalue weighted by atomic mass is 35.5. The number of carbonyl (C=O) groups excluding carboxylic acids is 2. The van der Waals surface area contributed by atoms with Crippen LogP contribution in [0.4, 0.5) is 5.69 Å². The smallest absolute Gasteiger partial charge is 0.342 e. The van der Waals surface area contributed by atoms with Gasteiger partial charge in [0.25, 0.3) is 5.91 Å². The van der Waals surface area contributed by atoms with Gasteiger partial charge in [0, 0.05) is 13.1 Å². The second kappa shape index (κ2) is 12.2. The minimum Gasteiger partial charge on any atom is -0.488 e.